The highest BCUT2D eigenvalue weighted by Gasteiger charge is 2.23. The molecule has 2 amide bonds. The molecule has 0 radical (unpaired) electrons. The molecule has 2 aromatic carbocycles. The molecule has 1 aliphatic rings. The van der Waals surface area contributed by atoms with Gasteiger partial charge in [0.1, 0.15) is 5.82 Å². The minimum absolute atomic E-state index is 0.102. The van der Waals surface area contributed by atoms with Gasteiger partial charge in [0, 0.05) is 17.4 Å². The highest BCUT2D eigenvalue weighted by Crippen LogP contribution is 2.27. The highest BCUT2D eigenvalue weighted by molar-refractivity contribution is 6.00. The smallest absolute Gasteiger partial charge is 0.276 e. The molecule has 3 aromatic rings. The number of rotatable bonds is 8. The molecule has 4 N–H and O–H groups in total. The van der Waals surface area contributed by atoms with Crippen LogP contribution in [0.5, 0.6) is 0 Å². The standard InChI is InChI=1S/C26H26N6O3/c1-17-21(12-14-29-24(17)31-26(34)23-7-4-13-28-23)30-22-6-3-2-5-20(22)25(33)32-35-16-19-10-8-18(15-27)9-11-19/h2-3,5-6,8-12,14,23,28H,4,7,13,16H2,1H3,(H,32,33)(H2,29,30,31,34). The van der Waals surface area contributed by atoms with Crippen molar-refractivity contribution in [3.8, 4) is 6.07 Å². The van der Waals surface area contributed by atoms with E-state index in [9.17, 15) is 9.59 Å². The van der Waals surface area contributed by atoms with Crippen LogP contribution in [0.25, 0.3) is 0 Å². The van der Waals surface area contributed by atoms with Crippen molar-refractivity contribution in [2.75, 3.05) is 17.2 Å². The number of nitrogens with one attached hydrogen (secondary N) is 4. The number of para-hydroxylation sites is 1. The number of nitrogens with zero attached hydrogens (tertiary/aromatic N) is 2. The summed E-state index contributed by atoms with van der Waals surface area (Å²) in [5.74, 6) is -0.0369. The number of carbonyl (C=O) groups excluding carboxylic acids is 2. The van der Waals surface area contributed by atoms with Gasteiger partial charge in [-0.05, 0) is 62.2 Å². The molecular formula is C26H26N6O3. The molecule has 1 saturated heterocycles. The molecule has 0 spiro atoms. The summed E-state index contributed by atoms with van der Waals surface area (Å²) in [6.07, 6.45) is 3.39. The Balaban J connectivity index is 1.41. The fraction of sp³-hybridized carbons (Fsp3) is 0.231. The molecule has 0 bridgehead atoms. The first-order valence-electron chi connectivity index (χ1n) is 11.3. The first-order valence-corrected chi connectivity index (χ1v) is 11.3. The second kappa shape index (κ2) is 11.2. The molecule has 178 valence electrons. The van der Waals surface area contributed by atoms with Crippen LogP contribution in [0.3, 0.4) is 0 Å². The van der Waals surface area contributed by atoms with Gasteiger partial charge >= 0.3 is 0 Å². The lowest BCUT2D eigenvalue weighted by Gasteiger charge is -2.17. The molecule has 35 heavy (non-hydrogen) atoms. The van der Waals surface area contributed by atoms with E-state index in [-0.39, 0.29) is 18.6 Å². The summed E-state index contributed by atoms with van der Waals surface area (Å²) in [5, 5.41) is 18.2. The number of pyridine rings is 1. The molecule has 0 aliphatic carbocycles. The van der Waals surface area contributed by atoms with E-state index in [1.165, 1.54) is 0 Å². The minimum atomic E-state index is -0.408. The van der Waals surface area contributed by atoms with Crippen LogP contribution in [0.15, 0.2) is 60.8 Å². The van der Waals surface area contributed by atoms with Gasteiger partial charge in [-0.3, -0.25) is 14.4 Å². The Bertz CT molecular complexity index is 1250. The van der Waals surface area contributed by atoms with Gasteiger partial charge in [0.25, 0.3) is 5.91 Å². The average molecular weight is 471 g/mol. The topological polar surface area (TPSA) is 128 Å². The molecule has 2 heterocycles. The van der Waals surface area contributed by atoms with Crippen molar-refractivity contribution in [1.29, 1.82) is 5.26 Å². The van der Waals surface area contributed by atoms with Crippen LogP contribution < -0.4 is 21.4 Å². The largest absolute Gasteiger partial charge is 0.355 e. The molecule has 9 nitrogen and oxygen atoms in total. The van der Waals surface area contributed by atoms with Gasteiger partial charge in [-0.25, -0.2) is 10.5 Å². The number of hydrogen-bond donors (Lipinski definition) is 4. The number of carbonyl (C=O) groups is 2. The third kappa shape index (κ3) is 6.00. The molecule has 1 aliphatic heterocycles. The Morgan fingerprint density at radius 3 is 2.69 bits per heavy atom. The summed E-state index contributed by atoms with van der Waals surface area (Å²) in [6, 6.07) is 17.6. The fourth-order valence-electron chi connectivity index (χ4n) is 3.76. The maximum Gasteiger partial charge on any atom is 0.276 e. The van der Waals surface area contributed by atoms with E-state index in [4.69, 9.17) is 10.1 Å². The number of hydroxylamine groups is 1. The predicted octanol–water partition coefficient (Wildman–Crippen LogP) is 3.56. The van der Waals surface area contributed by atoms with E-state index >= 15 is 0 Å². The predicted molar refractivity (Wildman–Crippen MR) is 132 cm³/mol. The third-order valence-electron chi connectivity index (χ3n) is 5.75. The van der Waals surface area contributed by atoms with Gasteiger partial charge in [-0.2, -0.15) is 5.26 Å². The number of amides is 2. The van der Waals surface area contributed by atoms with Gasteiger partial charge < -0.3 is 16.0 Å². The van der Waals surface area contributed by atoms with Crippen LogP contribution in [-0.4, -0.2) is 29.4 Å². The van der Waals surface area contributed by atoms with Crippen molar-refractivity contribution in [2.45, 2.75) is 32.4 Å². The van der Waals surface area contributed by atoms with Crippen molar-refractivity contribution < 1.29 is 14.4 Å². The van der Waals surface area contributed by atoms with Crippen LogP contribution >= 0.6 is 0 Å². The van der Waals surface area contributed by atoms with Crippen LogP contribution in [0, 0.1) is 18.3 Å². The zero-order chi connectivity index (χ0) is 24.6. The Kier molecular flexibility index (Phi) is 7.67. The Morgan fingerprint density at radius 1 is 1.14 bits per heavy atom. The normalized spacial score (nSPS) is 14.7. The number of nitriles is 1. The Hall–Kier alpha value is -4.26. The van der Waals surface area contributed by atoms with Crippen molar-refractivity contribution >= 4 is 29.0 Å². The molecule has 1 unspecified atom stereocenters. The second-order valence-electron chi connectivity index (χ2n) is 8.17. The van der Waals surface area contributed by atoms with Crippen LogP contribution in [-0.2, 0) is 16.2 Å². The maximum absolute atomic E-state index is 12.8. The van der Waals surface area contributed by atoms with E-state index in [1.54, 1.807) is 54.7 Å². The van der Waals surface area contributed by atoms with Crippen molar-refractivity contribution in [3.63, 3.8) is 0 Å². The van der Waals surface area contributed by atoms with E-state index in [0.29, 0.717) is 28.3 Å². The first-order chi connectivity index (χ1) is 17.0. The maximum atomic E-state index is 12.8. The van der Waals surface area contributed by atoms with Gasteiger partial charge in [0.2, 0.25) is 5.91 Å². The Morgan fingerprint density at radius 2 is 1.94 bits per heavy atom. The molecule has 1 fully saturated rings. The summed E-state index contributed by atoms with van der Waals surface area (Å²) in [7, 11) is 0. The van der Waals surface area contributed by atoms with Crippen LogP contribution in [0.2, 0.25) is 0 Å². The highest BCUT2D eigenvalue weighted by atomic mass is 16.6. The van der Waals surface area contributed by atoms with Gasteiger partial charge in [0.05, 0.1) is 35.5 Å². The van der Waals surface area contributed by atoms with Gasteiger partial charge in [0.15, 0.2) is 0 Å². The van der Waals surface area contributed by atoms with Crippen LogP contribution in [0.1, 0.15) is 39.9 Å². The lowest BCUT2D eigenvalue weighted by Crippen LogP contribution is -2.35. The van der Waals surface area contributed by atoms with Gasteiger partial charge in [-0.15, -0.1) is 0 Å². The molecular weight excluding hydrogens is 444 g/mol. The van der Waals surface area contributed by atoms with E-state index in [1.807, 2.05) is 13.0 Å². The van der Waals surface area contributed by atoms with Crippen molar-refractivity contribution in [3.05, 3.63) is 83.0 Å². The summed E-state index contributed by atoms with van der Waals surface area (Å²) >= 11 is 0. The molecule has 1 aromatic heterocycles. The Labute approximate surface area is 203 Å². The lowest BCUT2D eigenvalue weighted by molar-refractivity contribution is -0.117. The average Bonchev–Trinajstić information content (AvgIpc) is 3.42. The quantitative estimate of drug-likeness (QED) is 0.371. The summed E-state index contributed by atoms with van der Waals surface area (Å²) in [4.78, 5) is 35.0. The van der Waals surface area contributed by atoms with Crippen molar-refractivity contribution in [2.24, 2.45) is 0 Å². The number of hydrogen-bond acceptors (Lipinski definition) is 7. The zero-order valence-corrected chi connectivity index (χ0v) is 19.3. The molecule has 4 rings (SSSR count). The van der Waals surface area contributed by atoms with E-state index in [0.717, 1.165) is 30.5 Å². The number of benzene rings is 2. The molecule has 0 saturated carbocycles. The third-order valence-corrected chi connectivity index (χ3v) is 5.75. The summed E-state index contributed by atoms with van der Waals surface area (Å²) < 4.78 is 0. The fourth-order valence-corrected chi connectivity index (χ4v) is 3.76. The SMILES string of the molecule is Cc1c(Nc2ccccc2C(=O)NOCc2ccc(C#N)cc2)ccnc1NC(=O)C1CCCN1. The zero-order valence-electron chi connectivity index (χ0n) is 19.3. The molecule has 1 atom stereocenters. The second-order valence-corrected chi connectivity index (χ2v) is 8.17. The van der Waals surface area contributed by atoms with Gasteiger partial charge in [-0.1, -0.05) is 24.3 Å². The lowest BCUT2D eigenvalue weighted by atomic mass is 10.1. The van der Waals surface area contributed by atoms with Crippen LogP contribution in [0.4, 0.5) is 17.2 Å². The monoisotopic (exact) mass is 470 g/mol. The number of aromatic nitrogens is 1. The first kappa shape index (κ1) is 23.9. The molecule has 9 heteroatoms. The number of anilines is 3. The van der Waals surface area contributed by atoms with E-state index < -0.39 is 5.91 Å². The van der Waals surface area contributed by atoms with Crippen molar-refractivity contribution in [1.82, 2.24) is 15.8 Å². The van der Waals surface area contributed by atoms with E-state index in [2.05, 4.69) is 32.5 Å². The summed E-state index contributed by atoms with van der Waals surface area (Å²) in [6.45, 7) is 2.86. The summed E-state index contributed by atoms with van der Waals surface area (Å²) in [5.41, 5.74) is 6.29. The minimum Gasteiger partial charge on any atom is -0.355 e.